The molecule has 2 rings (SSSR count). The van der Waals surface area contributed by atoms with Gasteiger partial charge in [0.25, 0.3) is 0 Å². The predicted molar refractivity (Wildman–Crippen MR) is 99.9 cm³/mol. The van der Waals surface area contributed by atoms with E-state index in [-0.39, 0.29) is 28.7 Å². The third-order valence-electron chi connectivity index (χ3n) is 4.08. The molecule has 0 radical (unpaired) electrons. The summed E-state index contributed by atoms with van der Waals surface area (Å²) >= 11 is 0. The molecule has 0 bridgehead atoms. The number of aryl methyl sites for hydroxylation is 1. The molecule has 0 saturated carbocycles. The van der Waals surface area contributed by atoms with Crippen LogP contribution in [0.4, 0.5) is 0 Å². The van der Waals surface area contributed by atoms with Crippen molar-refractivity contribution in [3.05, 3.63) is 23.8 Å². The molecule has 7 nitrogen and oxygen atoms in total. The fourth-order valence-corrected chi connectivity index (χ4v) is 5.60. The van der Waals surface area contributed by atoms with Gasteiger partial charge in [0.15, 0.2) is 0 Å². The van der Waals surface area contributed by atoms with Crippen molar-refractivity contribution in [3.63, 3.8) is 0 Å². The smallest absolute Gasteiger partial charge is 0.243 e. The number of piperidine rings is 1. The fourth-order valence-electron chi connectivity index (χ4n) is 2.66. The Morgan fingerprint density at radius 2 is 1.76 bits per heavy atom. The Morgan fingerprint density at radius 1 is 1.12 bits per heavy atom. The van der Waals surface area contributed by atoms with Crippen LogP contribution in [0, 0.1) is 6.92 Å². The van der Waals surface area contributed by atoms with Crippen LogP contribution in [-0.4, -0.2) is 47.3 Å². The van der Waals surface area contributed by atoms with Gasteiger partial charge in [-0.05, 0) is 50.4 Å². The molecule has 0 aromatic heterocycles. The molecule has 3 N–H and O–H groups in total. The molecule has 1 heterocycles. The molecular formula is C15H26ClN3O4S2. The molecule has 0 aliphatic carbocycles. The molecule has 0 atom stereocenters. The van der Waals surface area contributed by atoms with Crippen molar-refractivity contribution in [2.24, 2.45) is 5.73 Å². The Kier molecular flexibility index (Phi) is 8.30. The van der Waals surface area contributed by atoms with Gasteiger partial charge in [0.1, 0.15) is 0 Å². The zero-order valence-corrected chi connectivity index (χ0v) is 16.7. The first-order valence-corrected chi connectivity index (χ1v) is 11.0. The molecule has 0 unspecified atom stereocenters. The van der Waals surface area contributed by atoms with E-state index in [0.717, 1.165) is 19.3 Å². The maximum absolute atomic E-state index is 12.8. The van der Waals surface area contributed by atoms with Crippen LogP contribution in [-0.2, 0) is 20.0 Å². The van der Waals surface area contributed by atoms with Gasteiger partial charge in [-0.2, -0.15) is 4.31 Å². The van der Waals surface area contributed by atoms with E-state index >= 15 is 0 Å². The first-order valence-electron chi connectivity index (χ1n) is 8.09. The van der Waals surface area contributed by atoms with Crippen LogP contribution in [0.1, 0.15) is 31.2 Å². The van der Waals surface area contributed by atoms with E-state index in [2.05, 4.69) is 4.72 Å². The highest BCUT2D eigenvalue weighted by molar-refractivity contribution is 7.90. The molecule has 0 spiro atoms. The SMILES string of the molecule is Cc1ccc(S(=O)(=O)NCCCN)cc1S(=O)(=O)N1CCCCC1.Cl. The molecule has 25 heavy (non-hydrogen) atoms. The van der Waals surface area contributed by atoms with Gasteiger partial charge >= 0.3 is 0 Å². The highest BCUT2D eigenvalue weighted by Crippen LogP contribution is 2.25. The monoisotopic (exact) mass is 411 g/mol. The minimum Gasteiger partial charge on any atom is -0.330 e. The highest BCUT2D eigenvalue weighted by atomic mass is 35.5. The lowest BCUT2D eigenvalue weighted by Gasteiger charge is -2.26. The van der Waals surface area contributed by atoms with Crippen molar-refractivity contribution in [2.45, 2.75) is 42.4 Å². The lowest BCUT2D eigenvalue weighted by atomic mass is 10.2. The van der Waals surface area contributed by atoms with Crippen molar-refractivity contribution < 1.29 is 16.8 Å². The zero-order chi connectivity index (χ0) is 17.8. The van der Waals surface area contributed by atoms with Crippen molar-refractivity contribution in [2.75, 3.05) is 26.2 Å². The van der Waals surface area contributed by atoms with Crippen LogP contribution in [0.15, 0.2) is 28.0 Å². The van der Waals surface area contributed by atoms with Crippen LogP contribution < -0.4 is 10.5 Å². The number of nitrogens with zero attached hydrogens (tertiary/aromatic N) is 1. The van der Waals surface area contributed by atoms with Crippen LogP contribution in [0.5, 0.6) is 0 Å². The second-order valence-corrected chi connectivity index (χ2v) is 9.61. The van der Waals surface area contributed by atoms with Crippen molar-refractivity contribution in [1.82, 2.24) is 9.03 Å². The molecule has 1 saturated heterocycles. The summed E-state index contributed by atoms with van der Waals surface area (Å²) in [6, 6.07) is 4.22. The molecule has 144 valence electrons. The van der Waals surface area contributed by atoms with Gasteiger partial charge in [0.05, 0.1) is 9.79 Å². The third kappa shape index (κ3) is 5.38. The van der Waals surface area contributed by atoms with Crippen LogP contribution in [0.25, 0.3) is 0 Å². The summed E-state index contributed by atoms with van der Waals surface area (Å²) in [7, 11) is -7.43. The van der Waals surface area contributed by atoms with Gasteiger partial charge in [-0.1, -0.05) is 12.5 Å². The summed E-state index contributed by atoms with van der Waals surface area (Å²) in [6.45, 7) is 3.24. The van der Waals surface area contributed by atoms with Crippen molar-refractivity contribution in [3.8, 4) is 0 Å². The fraction of sp³-hybridized carbons (Fsp3) is 0.600. The second kappa shape index (κ2) is 9.29. The van der Waals surface area contributed by atoms with E-state index in [4.69, 9.17) is 5.73 Å². The lowest BCUT2D eigenvalue weighted by Crippen LogP contribution is -2.36. The summed E-state index contributed by atoms with van der Waals surface area (Å²) in [5.41, 5.74) is 5.90. The summed E-state index contributed by atoms with van der Waals surface area (Å²) in [6.07, 6.45) is 3.20. The lowest BCUT2D eigenvalue weighted by molar-refractivity contribution is 0.346. The van der Waals surface area contributed by atoms with Gasteiger partial charge in [-0.3, -0.25) is 0 Å². The normalized spacial score (nSPS) is 16.4. The molecule has 1 aromatic carbocycles. The summed E-state index contributed by atoms with van der Waals surface area (Å²) in [5, 5.41) is 0. The first kappa shape index (κ1) is 22.3. The maximum atomic E-state index is 12.8. The standard InChI is InChI=1S/C15H25N3O4S2.ClH/c1-13-6-7-14(23(19,20)17-9-5-8-16)12-15(13)24(21,22)18-10-3-2-4-11-18;/h6-7,12,17H,2-5,8-11,16H2,1H3;1H. The number of rotatable bonds is 7. The average molecular weight is 412 g/mol. The third-order valence-corrected chi connectivity index (χ3v) is 7.58. The van der Waals surface area contributed by atoms with E-state index in [9.17, 15) is 16.8 Å². The number of nitrogens with one attached hydrogen (secondary N) is 1. The largest absolute Gasteiger partial charge is 0.330 e. The summed E-state index contributed by atoms with van der Waals surface area (Å²) in [4.78, 5) is 0.0202. The van der Waals surface area contributed by atoms with Crippen molar-refractivity contribution in [1.29, 1.82) is 0 Å². The molecule has 0 amide bonds. The molecule has 10 heteroatoms. The number of hydrogen-bond donors (Lipinski definition) is 2. The average Bonchev–Trinajstić information content (AvgIpc) is 2.56. The van der Waals surface area contributed by atoms with Gasteiger partial charge < -0.3 is 5.73 Å². The van der Waals surface area contributed by atoms with Crippen molar-refractivity contribution >= 4 is 32.5 Å². The Hall–Kier alpha value is -0.710. The van der Waals surface area contributed by atoms with Crippen LogP contribution in [0.2, 0.25) is 0 Å². The topological polar surface area (TPSA) is 110 Å². The molecule has 1 aliphatic rings. The summed E-state index contributed by atoms with van der Waals surface area (Å²) in [5.74, 6) is 0. The summed E-state index contributed by atoms with van der Waals surface area (Å²) < 4.78 is 54.2. The molecule has 1 aromatic rings. The van der Waals surface area contributed by atoms with Gasteiger partial charge in [-0.25, -0.2) is 21.6 Å². The second-order valence-electron chi connectivity index (χ2n) is 5.93. The molecular weight excluding hydrogens is 386 g/mol. The Morgan fingerprint density at radius 3 is 2.36 bits per heavy atom. The van der Waals surface area contributed by atoms with E-state index in [0.29, 0.717) is 31.6 Å². The number of sulfonamides is 2. The molecule has 1 aliphatic heterocycles. The minimum absolute atomic E-state index is 0. The van der Waals surface area contributed by atoms with E-state index in [1.165, 1.54) is 22.5 Å². The predicted octanol–water partition coefficient (Wildman–Crippen LogP) is 1.22. The molecule has 1 fully saturated rings. The Labute approximate surface area is 156 Å². The number of hydrogen-bond acceptors (Lipinski definition) is 5. The zero-order valence-electron chi connectivity index (χ0n) is 14.3. The first-order chi connectivity index (χ1) is 11.3. The van der Waals surface area contributed by atoms with Crippen LogP contribution >= 0.6 is 12.4 Å². The number of benzene rings is 1. The highest BCUT2D eigenvalue weighted by Gasteiger charge is 2.28. The van der Waals surface area contributed by atoms with Gasteiger partial charge in [0.2, 0.25) is 20.0 Å². The van der Waals surface area contributed by atoms with E-state index < -0.39 is 20.0 Å². The quantitative estimate of drug-likeness (QED) is 0.655. The minimum atomic E-state index is -3.75. The van der Waals surface area contributed by atoms with E-state index in [1.54, 1.807) is 6.92 Å². The van der Waals surface area contributed by atoms with Crippen LogP contribution in [0.3, 0.4) is 0 Å². The number of nitrogens with two attached hydrogens (primary N) is 1. The van der Waals surface area contributed by atoms with Gasteiger partial charge in [-0.15, -0.1) is 12.4 Å². The Bertz CT molecular complexity index is 776. The number of halogens is 1. The van der Waals surface area contributed by atoms with Gasteiger partial charge in [0, 0.05) is 19.6 Å². The van der Waals surface area contributed by atoms with E-state index in [1.807, 2.05) is 0 Å². The Balaban J connectivity index is 0.00000312. The maximum Gasteiger partial charge on any atom is 0.243 e.